The zero-order valence-electron chi connectivity index (χ0n) is 12.5. The molecule has 2 heterocycles. The second kappa shape index (κ2) is 6.97. The van der Waals surface area contributed by atoms with Crippen molar-refractivity contribution in [2.45, 2.75) is 45.0 Å². The average molecular weight is 297 g/mol. The largest absolute Gasteiger partial charge is 0.480 e. The molecular weight excluding hydrogens is 274 g/mol. The van der Waals surface area contributed by atoms with Crippen LogP contribution in [0.3, 0.4) is 0 Å². The van der Waals surface area contributed by atoms with Crippen molar-refractivity contribution >= 4 is 5.97 Å². The lowest BCUT2D eigenvalue weighted by Crippen LogP contribution is -2.47. The van der Waals surface area contributed by atoms with Crippen molar-refractivity contribution in [3.05, 3.63) is 11.9 Å². The Morgan fingerprint density at radius 1 is 1.62 bits per heavy atom. The highest BCUT2D eigenvalue weighted by Gasteiger charge is 2.23. The van der Waals surface area contributed by atoms with E-state index in [0.717, 1.165) is 13.1 Å². The van der Waals surface area contributed by atoms with Crippen LogP contribution in [0.1, 0.15) is 19.5 Å². The van der Waals surface area contributed by atoms with E-state index in [4.69, 9.17) is 15.6 Å². The van der Waals surface area contributed by atoms with E-state index < -0.39 is 12.0 Å². The molecule has 1 aliphatic rings. The Kier molecular flexibility index (Phi) is 5.27. The molecule has 0 saturated carbocycles. The van der Waals surface area contributed by atoms with Crippen LogP contribution in [-0.2, 0) is 22.5 Å². The van der Waals surface area contributed by atoms with Gasteiger partial charge >= 0.3 is 5.97 Å². The molecule has 0 amide bonds. The van der Waals surface area contributed by atoms with Crippen LogP contribution in [0.5, 0.6) is 0 Å². The molecule has 2 atom stereocenters. The van der Waals surface area contributed by atoms with Gasteiger partial charge in [-0.05, 0) is 13.8 Å². The van der Waals surface area contributed by atoms with Crippen LogP contribution in [0.15, 0.2) is 6.20 Å². The molecule has 21 heavy (non-hydrogen) atoms. The normalized spacial score (nSPS) is 21.6. The topological polar surface area (TPSA) is 106 Å². The molecule has 0 spiro atoms. The van der Waals surface area contributed by atoms with Gasteiger partial charge in [0.25, 0.3) is 0 Å². The standard InChI is InChI=1S/C13H23N5O3/c1-9(2)17-3-4-21-11(7-17)8-18-6-10(15-16-18)5-12(14)13(19)20/h6,9,11-12H,3-5,7-8,14H2,1-2H3,(H,19,20). The van der Waals surface area contributed by atoms with Crippen LogP contribution >= 0.6 is 0 Å². The summed E-state index contributed by atoms with van der Waals surface area (Å²) >= 11 is 0. The summed E-state index contributed by atoms with van der Waals surface area (Å²) in [5, 5.41) is 16.8. The van der Waals surface area contributed by atoms with Gasteiger partial charge in [-0.25, -0.2) is 4.68 Å². The monoisotopic (exact) mass is 297 g/mol. The molecule has 0 bridgehead atoms. The summed E-state index contributed by atoms with van der Waals surface area (Å²) in [4.78, 5) is 13.1. The molecule has 3 N–H and O–H groups in total. The number of morpholine rings is 1. The van der Waals surface area contributed by atoms with Crippen molar-refractivity contribution in [2.24, 2.45) is 5.73 Å². The number of carbonyl (C=O) groups is 1. The van der Waals surface area contributed by atoms with E-state index in [1.54, 1.807) is 10.9 Å². The van der Waals surface area contributed by atoms with E-state index in [0.29, 0.717) is 24.9 Å². The fraction of sp³-hybridized carbons (Fsp3) is 0.769. The Bertz CT molecular complexity index is 476. The van der Waals surface area contributed by atoms with Crippen LogP contribution in [0.4, 0.5) is 0 Å². The highest BCUT2D eigenvalue weighted by atomic mass is 16.5. The molecule has 1 aromatic heterocycles. The third kappa shape index (κ3) is 4.48. The molecule has 8 nitrogen and oxygen atoms in total. The van der Waals surface area contributed by atoms with E-state index in [2.05, 4.69) is 29.1 Å². The van der Waals surface area contributed by atoms with E-state index in [1.165, 1.54) is 0 Å². The van der Waals surface area contributed by atoms with Crippen LogP contribution in [0.2, 0.25) is 0 Å². The Balaban J connectivity index is 1.88. The Labute approximate surface area is 123 Å². The number of nitrogens with two attached hydrogens (primary N) is 1. The van der Waals surface area contributed by atoms with Gasteiger partial charge in [-0.15, -0.1) is 5.10 Å². The molecule has 1 saturated heterocycles. The summed E-state index contributed by atoms with van der Waals surface area (Å²) in [6.45, 7) is 7.48. The number of carboxylic acids is 1. The summed E-state index contributed by atoms with van der Waals surface area (Å²) < 4.78 is 7.43. The number of carboxylic acid groups (broad SMARTS) is 1. The van der Waals surface area contributed by atoms with Gasteiger partial charge < -0.3 is 15.6 Å². The smallest absolute Gasteiger partial charge is 0.320 e. The lowest BCUT2D eigenvalue weighted by atomic mass is 10.2. The quantitative estimate of drug-likeness (QED) is 0.718. The van der Waals surface area contributed by atoms with Crippen LogP contribution in [0, 0.1) is 0 Å². The number of rotatable bonds is 6. The van der Waals surface area contributed by atoms with Crippen molar-refractivity contribution < 1.29 is 14.6 Å². The summed E-state index contributed by atoms with van der Waals surface area (Å²) in [7, 11) is 0. The summed E-state index contributed by atoms with van der Waals surface area (Å²) in [5.74, 6) is -1.03. The van der Waals surface area contributed by atoms with Gasteiger partial charge in [0.05, 0.1) is 24.9 Å². The predicted octanol–water partition coefficient (Wildman–Crippen LogP) is -0.658. The van der Waals surface area contributed by atoms with Crippen molar-refractivity contribution in [1.82, 2.24) is 19.9 Å². The maximum atomic E-state index is 10.7. The fourth-order valence-electron chi connectivity index (χ4n) is 2.36. The van der Waals surface area contributed by atoms with Gasteiger partial charge in [0, 0.05) is 31.7 Å². The number of ether oxygens (including phenoxy) is 1. The Morgan fingerprint density at radius 2 is 2.38 bits per heavy atom. The second-order valence-corrected chi connectivity index (χ2v) is 5.66. The van der Waals surface area contributed by atoms with Crippen LogP contribution < -0.4 is 5.73 Å². The average Bonchev–Trinajstić information content (AvgIpc) is 2.86. The number of hydrogen-bond acceptors (Lipinski definition) is 6. The molecule has 118 valence electrons. The number of aliphatic carboxylic acids is 1. The number of nitrogens with zero attached hydrogens (tertiary/aromatic N) is 4. The molecule has 2 unspecified atom stereocenters. The molecule has 0 aromatic carbocycles. The van der Waals surface area contributed by atoms with Gasteiger partial charge in [-0.2, -0.15) is 0 Å². The third-order valence-electron chi connectivity index (χ3n) is 3.62. The molecule has 8 heteroatoms. The summed E-state index contributed by atoms with van der Waals surface area (Å²) in [6, 6.07) is -0.450. The Morgan fingerprint density at radius 3 is 3.05 bits per heavy atom. The minimum Gasteiger partial charge on any atom is -0.480 e. The highest BCUT2D eigenvalue weighted by molar-refractivity contribution is 5.73. The van der Waals surface area contributed by atoms with E-state index in [-0.39, 0.29) is 12.5 Å². The summed E-state index contributed by atoms with van der Waals surface area (Å²) in [5.41, 5.74) is 6.07. The van der Waals surface area contributed by atoms with Crippen molar-refractivity contribution in [3.8, 4) is 0 Å². The third-order valence-corrected chi connectivity index (χ3v) is 3.62. The maximum Gasteiger partial charge on any atom is 0.320 e. The van der Waals surface area contributed by atoms with Gasteiger partial charge in [0.2, 0.25) is 0 Å². The molecule has 1 aliphatic heterocycles. The van der Waals surface area contributed by atoms with Crippen LogP contribution in [0.25, 0.3) is 0 Å². The van der Waals surface area contributed by atoms with Crippen molar-refractivity contribution in [2.75, 3.05) is 19.7 Å². The van der Waals surface area contributed by atoms with Crippen molar-refractivity contribution in [3.63, 3.8) is 0 Å². The van der Waals surface area contributed by atoms with E-state index in [1.807, 2.05) is 0 Å². The lowest BCUT2D eigenvalue weighted by molar-refractivity contribution is -0.138. The first kappa shape index (κ1) is 15.9. The Hall–Kier alpha value is -1.51. The first-order chi connectivity index (χ1) is 9.95. The fourth-order valence-corrected chi connectivity index (χ4v) is 2.36. The molecule has 2 rings (SSSR count). The predicted molar refractivity (Wildman–Crippen MR) is 75.8 cm³/mol. The minimum absolute atomic E-state index is 0.0730. The maximum absolute atomic E-state index is 10.7. The number of hydrogen-bond donors (Lipinski definition) is 2. The van der Waals surface area contributed by atoms with E-state index in [9.17, 15) is 4.79 Å². The van der Waals surface area contributed by atoms with E-state index >= 15 is 0 Å². The zero-order valence-corrected chi connectivity index (χ0v) is 12.5. The SMILES string of the molecule is CC(C)N1CCOC(Cn2cc(CC(N)C(=O)O)nn2)C1. The van der Waals surface area contributed by atoms with Gasteiger partial charge in [0.1, 0.15) is 6.04 Å². The molecule has 0 radical (unpaired) electrons. The second-order valence-electron chi connectivity index (χ2n) is 5.66. The molecular formula is C13H23N5O3. The van der Waals surface area contributed by atoms with Gasteiger partial charge in [-0.3, -0.25) is 9.69 Å². The molecule has 0 aliphatic carbocycles. The molecule has 1 aromatic rings. The molecule has 1 fully saturated rings. The first-order valence-corrected chi connectivity index (χ1v) is 7.18. The minimum atomic E-state index is -1.03. The lowest BCUT2D eigenvalue weighted by Gasteiger charge is -2.35. The van der Waals surface area contributed by atoms with Gasteiger partial charge in [-0.1, -0.05) is 5.21 Å². The van der Waals surface area contributed by atoms with Gasteiger partial charge in [0.15, 0.2) is 0 Å². The van der Waals surface area contributed by atoms with Crippen LogP contribution in [-0.4, -0.2) is 68.9 Å². The number of aromatic nitrogens is 3. The first-order valence-electron chi connectivity index (χ1n) is 7.18. The van der Waals surface area contributed by atoms with Crippen molar-refractivity contribution in [1.29, 1.82) is 0 Å². The highest BCUT2D eigenvalue weighted by Crippen LogP contribution is 2.10. The zero-order chi connectivity index (χ0) is 15.4. The summed E-state index contributed by atoms with van der Waals surface area (Å²) in [6.07, 6.45) is 1.99.